The van der Waals surface area contributed by atoms with Crippen molar-refractivity contribution in [2.45, 2.75) is 13.0 Å². The van der Waals surface area contributed by atoms with E-state index >= 15 is 0 Å². The Balaban J connectivity index is 2.28. The fourth-order valence-electron chi connectivity index (χ4n) is 2.04. The monoisotopic (exact) mass is 279 g/mol. The predicted octanol–water partition coefficient (Wildman–Crippen LogP) is 3.01. The van der Waals surface area contributed by atoms with Crippen molar-refractivity contribution >= 4 is 5.69 Å². The number of hydrogen-bond acceptors (Lipinski definition) is 5. The quantitative estimate of drug-likeness (QED) is 0.750. The van der Waals surface area contributed by atoms with Crippen molar-refractivity contribution < 1.29 is 10.2 Å². The molecule has 1 unspecified atom stereocenters. The summed E-state index contributed by atoms with van der Waals surface area (Å²) >= 11 is 0. The minimum absolute atomic E-state index is 0.0639. The number of nitrogens with zero attached hydrogens (tertiary/aromatic N) is 2. The molecule has 0 bridgehead atoms. The maximum absolute atomic E-state index is 9.82. The van der Waals surface area contributed by atoms with Crippen LogP contribution < -0.4 is 5.32 Å². The summed E-state index contributed by atoms with van der Waals surface area (Å²) in [5.74, 6) is 0.135. The van der Waals surface area contributed by atoms with Crippen molar-refractivity contribution in [2.75, 3.05) is 5.32 Å². The Kier molecular flexibility index (Phi) is 3.97. The lowest BCUT2D eigenvalue weighted by Gasteiger charge is -2.17. The number of phenols is 2. The summed E-state index contributed by atoms with van der Waals surface area (Å²) < 4.78 is 0. The molecule has 0 amide bonds. The Hall–Kier alpha value is -3.18. The Bertz CT molecular complexity index is 757. The van der Waals surface area contributed by atoms with Gasteiger partial charge in [-0.05, 0) is 43.3 Å². The molecule has 2 aromatic rings. The third-order valence-electron chi connectivity index (χ3n) is 3.12. The second-order valence-electron chi connectivity index (χ2n) is 4.59. The lowest BCUT2D eigenvalue weighted by Crippen LogP contribution is -2.07. The summed E-state index contributed by atoms with van der Waals surface area (Å²) in [6.45, 7) is 1.82. The molecule has 21 heavy (non-hydrogen) atoms. The summed E-state index contributed by atoms with van der Waals surface area (Å²) in [5.41, 5.74) is 1.80. The lowest BCUT2D eigenvalue weighted by molar-refractivity contribution is 0.451. The van der Waals surface area contributed by atoms with E-state index in [9.17, 15) is 10.2 Å². The zero-order valence-electron chi connectivity index (χ0n) is 11.3. The van der Waals surface area contributed by atoms with E-state index in [-0.39, 0.29) is 23.1 Å². The van der Waals surface area contributed by atoms with Crippen LogP contribution in [-0.4, -0.2) is 10.2 Å². The fraction of sp³-hybridized carbons (Fsp3) is 0.125. The SMILES string of the molecule is CC(Nc1ccc(C#N)c(C#N)c1)c1cc(O)ccc1O. The van der Waals surface area contributed by atoms with E-state index in [1.54, 1.807) is 18.2 Å². The van der Waals surface area contributed by atoms with Crippen molar-refractivity contribution in [1.29, 1.82) is 10.5 Å². The highest BCUT2D eigenvalue weighted by Crippen LogP contribution is 2.30. The topological polar surface area (TPSA) is 100 Å². The van der Waals surface area contributed by atoms with E-state index in [0.29, 0.717) is 16.8 Å². The van der Waals surface area contributed by atoms with Gasteiger partial charge in [0.2, 0.25) is 0 Å². The van der Waals surface area contributed by atoms with Crippen LogP contribution in [0.3, 0.4) is 0 Å². The molecule has 0 aromatic heterocycles. The molecule has 2 aromatic carbocycles. The molecule has 3 N–H and O–H groups in total. The molecule has 0 spiro atoms. The Labute approximate surface area is 122 Å². The van der Waals surface area contributed by atoms with Crippen molar-refractivity contribution in [3.05, 3.63) is 53.1 Å². The number of anilines is 1. The molecule has 2 rings (SSSR count). The standard InChI is InChI=1S/C16H13N3O2/c1-10(15-7-14(20)4-5-16(15)21)19-13-3-2-11(8-17)12(6-13)9-18/h2-7,10,19-21H,1H3. The van der Waals surface area contributed by atoms with Crippen LogP contribution in [-0.2, 0) is 0 Å². The van der Waals surface area contributed by atoms with E-state index < -0.39 is 0 Å². The highest BCUT2D eigenvalue weighted by molar-refractivity contribution is 5.57. The van der Waals surface area contributed by atoms with Gasteiger partial charge < -0.3 is 15.5 Å². The highest BCUT2D eigenvalue weighted by atomic mass is 16.3. The molecular formula is C16H13N3O2. The van der Waals surface area contributed by atoms with Gasteiger partial charge in [0, 0.05) is 11.3 Å². The molecule has 0 aliphatic carbocycles. The van der Waals surface area contributed by atoms with Crippen molar-refractivity contribution in [3.63, 3.8) is 0 Å². The molecule has 0 heterocycles. The molecule has 0 fully saturated rings. The second kappa shape index (κ2) is 5.85. The molecule has 0 saturated carbocycles. The van der Waals surface area contributed by atoms with Crippen LogP contribution in [0.25, 0.3) is 0 Å². The van der Waals surface area contributed by atoms with E-state index in [1.165, 1.54) is 18.2 Å². The average molecular weight is 279 g/mol. The number of phenolic OH excluding ortho intramolecular Hbond substituents is 2. The van der Waals surface area contributed by atoms with Gasteiger partial charge in [0.1, 0.15) is 23.6 Å². The lowest BCUT2D eigenvalue weighted by atomic mass is 10.0. The van der Waals surface area contributed by atoms with Gasteiger partial charge in [0.25, 0.3) is 0 Å². The van der Waals surface area contributed by atoms with Crippen LogP contribution >= 0.6 is 0 Å². The molecule has 0 aliphatic rings. The highest BCUT2D eigenvalue weighted by Gasteiger charge is 2.12. The number of benzene rings is 2. The Morgan fingerprint density at radius 3 is 2.38 bits per heavy atom. The smallest absolute Gasteiger partial charge is 0.121 e. The summed E-state index contributed by atoms with van der Waals surface area (Å²) in [5, 5.41) is 40.3. The molecule has 0 saturated heterocycles. The normalized spacial score (nSPS) is 11.2. The van der Waals surface area contributed by atoms with Gasteiger partial charge in [-0.25, -0.2) is 0 Å². The minimum Gasteiger partial charge on any atom is -0.508 e. The van der Waals surface area contributed by atoms with E-state index in [0.717, 1.165) is 0 Å². The van der Waals surface area contributed by atoms with Gasteiger partial charge in [-0.2, -0.15) is 10.5 Å². The molecule has 5 heteroatoms. The largest absolute Gasteiger partial charge is 0.508 e. The first kappa shape index (κ1) is 14.2. The molecular weight excluding hydrogens is 266 g/mol. The number of aromatic hydroxyl groups is 2. The van der Waals surface area contributed by atoms with Gasteiger partial charge in [0.15, 0.2) is 0 Å². The van der Waals surface area contributed by atoms with E-state index in [1.807, 2.05) is 19.1 Å². The maximum Gasteiger partial charge on any atom is 0.121 e. The van der Waals surface area contributed by atoms with Gasteiger partial charge in [-0.1, -0.05) is 0 Å². The number of rotatable bonds is 3. The Morgan fingerprint density at radius 1 is 1.00 bits per heavy atom. The van der Waals surface area contributed by atoms with Crippen LogP contribution in [0.15, 0.2) is 36.4 Å². The summed E-state index contributed by atoms with van der Waals surface area (Å²) in [6.07, 6.45) is 0. The van der Waals surface area contributed by atoms with Crippen LogP contribution in [0, 0.1) is 22.7 Å². The fourth-order valence-corrected chi connectivity index (χ4v) is 2.04. The third-order valence-corrected chi connectivity index (χ3v) is 3.12. The van der Waals surface area contributed by atoms with Gasteiger partial charge in [0.05, 0.1) is 17.2 Å². The maximum atomic E-state index is 9.82. The number of nitrogens with one attached hydrogen (secondary N) is 1. The number of nitriles is 2. The summed E-state index contributed by atoms with van der Waals surface area (Å²) in [7, 11) is 0. The van der Waals surface area contributed by atoms with Crippen molar-refractivity contribution in [1.82, 2.24) is 0 Å². The molecule has 0 aliphatic heterocycles. The van der Waals surface area contributed by atoms with Crippen LogP contribution in [0.4, 0.5) is 5.69 Å². The number of hydrogen-bond donors (Lipinski definition) is 3. The summed E-state index contributed by atoms with van der Waals surface area (Å²) in [6, 6.07) is 12.8. The third kappa shape index (κ3) is 3.05. The predicted molar refractivity (Wildman–Crippen MR) is 77.7 cm³/mol. The molecule has 1 atom stereocenters. The van der Waals surface area contributed by atoms with Gasteiger partial charge in [-0.15, -0.1) is 0 Å². The van der Waals surface area contributed by atoms with Crippen LogP contribution in [0.2, 0.25) is 0 Å². The average Bonchev–Trinajstić information content (AvgIpc) is 2.49. The first-order valence-electron chi connectivity index (χ1n) is 6.28. The molecule has 5 nitrogen and oxygen atoms in total. The zero-order valence-corrected chi connectivity index (χ0v) is 11.3. The van der Waals surface area contributed by atoms with Crippen LogP contribution in [0.1, 0.15) is 29.7 Å². The second-order valence-corrected chi connectivity index (χ2v) is 4.59. The summed E-state index contributed by atoms with van der Waals surface area (Å²) in [4.78, 5) is 0. The zero-order chi connectivity index (χ0) is 15.4. The van der Waals surface area contributed by atoms with E-state index in [2.05, 4.69) is 5.32 Å². The first-order chi connectivity index (χ1) is 10.0. The van der Waals surface area contributed by atoms with Crippen LogP contribution in [0.5, 0.6) is 11.5 Å². The Morgan fingerprint density at radius 2 is 1.71 bits per heavy atom. The van der Waals surface area contributed by atoms with Crippen molar-refractivity contribution in [2.24, 2.45) is 0 Å². The molecule has 104 valence electrons. The first-order valence-corrected chi connectivity index (χ1v) is 6.28. The van der Waals surface area contributed by atoms with Gasteiger partial charge >= 0.3 is 0 Å². The van der Waals surface area contributed by atoms with Crippen molar-refractivity contribution in [3.8, 4) is 23.6 Å². The van der Waals surface area contributed by atoms with E-state index in [4.69, 9.17) is 10.5 Å². The van der Waals surface area contributed by atoms with Gasteiger partial charge in [-0.3, -0.25) is 0 Å². The minimum atomic E-state index is -0.281. The molecule has 0 radical (unpaired) electrons.